The number of halogens is 1. The molecule has 0 saturated carbocycles. The summed E-state index contributed by atoms with van der Waals surface area (Å²) in [6.07, 6.45) is 1.46. The molecule has 2 N–H and O–H groups in total. The van der Waals surface area contributed by atoms with E-state index in [0.717, 1.165) is 11.3 Å². The summed E-state index contributed by atoms with van der Waals surface area (Å²) in [6.45, 7) is 2.22. The summed E-state index contributed by atoms with van der Waals surface area (Å²) in [5.41, 5.74) is 2.02. The Kier molecular flexibility index (Phi) is 6.73. The first kappa shape index (κ1) is 21.8. The van der Waals surface area contributed by atoms with Crippen LogP contribution in [0.25, 0.3) is 0 Å². The molecule has 2 aromatic rings. The topological polar surface area (TPSA) is 108 Å². The van der Waals surface area contributed by atoms with Gasteiger partial charge in [-0.15, -0.1) is 0 Å². The van der Waals surface area contributed by atoms with Gasteiger partial charge in [-0.3, -0.25) is 4.79 Å². The number of rotatable bonds is 6. The molecule has 158 valence electrons. The lowest BCUT2D eigenvalue weighted by atomic mass is 10.0. The summed E-state index contributed by atoms with van der Waals surface area (Å²) in [5, 5.41) is 8.74. The number of benzene rings is 2. The van der Waals surface area contributed by atoms with E-state index in [4.69, 9.17) is 11.6 Å². The minimum absolute atomic E-state index is 0.0933. The molecule has 30 heavy (non-hydrogen) atoms. The van der Waals surface area contributed by atoms with Crippen LogP contribution in [0.2, 0.25) is 5.02 Å². The minimum Gasteiger partial charge on any atom is -0.337 e. The SMILES string of the molecule is CCCNC(=O)NS(=O)(=O)c1ccc(N2N=C(c3ccc(Cl)cc3)CCC2=O)cc1. The number of sulfonamides is 1. The number of hydrazone groups is 1. The Bertz CT molecular complexity index is 1070. The Morgan fingerprint density at radius 2 is 1.77 bits per heavy atom. The summed E-state index contributed by atoms with van der Waals surface area (Å²) in [7, 11) is -4.02. The Hall–Kier alpha value is -2.91. The molecule has 0 aliphatic carbocycles. The molecule has 0 aromatic heterocycles. The molecule has 3 amide bonds. The molecule has 1 aliphatic rings. The van der Waals surface area contributed by atoms with Gasteiger partial charge in [0.05, 0.1) is 16.3 Å². The highest BCUT2D eigenvalue weighted by molar-refractivity contribution is 7.90. The molecule has 0 radical (unpaired) electrons. The van der Waals surface area contributed by atoms with Gasteiger partial charge >= 0.3 is 6.03 Å². The average molecular weight is 449 g/mol. The van der Waals surface area contributed by atoms with Gasteiger partial charge in [-0.1, -0.05) is 30.7 Å². The van der Waals surface area contributed by atoms with Crippen LogP contribution in [0.4, 0.5) is 10.5 Å². The van der Waals surface area contributed by atoms with Gasteiger partial charge in [-0.05, 0) is 48.4 Å². The molecular formula is C20H21ClN4O4S. The van der Waals surface area contributed by atoms with Crippen LogP contribution in [-0.2, 0) is 14.8 Å². The van der Waals surface area contributed by atoms with Gasteiger partial charge in [-0.2, -0.15) is 5.10 Å². The zero-order valence-electron chi connectivity index (χ0n) is 16.3. The maximum Gasteiger partial charge on any atom is 0.328 e. The molecule has 0 spiro atoms. The number of hydrogen-bond donors (Lipinski definition) is 2. The van der Waals surface area contributed by atoms with E-state index in [0.29, 0.717) is 30.1 Å². The Balaban J connectivity index is 1.80. The van der Waals surface area contributed by atoms with Crippen LogP contribution in [-0.4, -0.2) is 32.6 Å². The lowest BCUT2D eigenvalue weighted by Gasteiger charge is -2.24. The van der Waals surface area contributed by atoms with Crippen LogP contribution in [0.1, 0.15) is 31.7 Å². The summed E-state index contributed by atoms with van der Waals surface area (Å²) in [6, 6.07) is 12.0. The zero-order chi connectivity index (χ0) is 21.7. The smallest absolute Gasteiger partial charge is 0.328 e. The Labute approximate surface area is 180 Å². The van der Waals surface area contributed by atoms with Crippen molar-refractivity contribution in [2.24, 2.45) is 5.10 Å². The van der Waals surface area contributed by atoms with Crippen molar-refractivity contribution in [3.8, 4) is 0 Å². The van der Waals surface area contributed by atoms with E-state index in [-0.39, 0.29) is 17.2 Å². The lowest BCUT2D eigenvalue weighted by Crippen LogP contribution is -2.39. The number of amides is 3. The molecule has 1 heterocycles. The van der Waals surface area contributed by atoms with Crippen LogP contribution in [0.3, 0.4) is 0 Å². The summed E-state index contributed by atoms with van der Waals surface area (Å²) in [4.78, 5) is 23.9. The van der Waals surface area contributed by atoms with E-state index in [1.807, 2.05) is 23.8 Å². The fourth-order valence-electron chi connectivity index (χ4n) is 2.83. The highest BCUT2D eigenvalue weighted by Gasteiger charge is 2.24. The highest BCUT2D eigenvalue weighted by atomic mass is 35.5. The average Bonchev–Trinajstić information content (AvgIpc) is 2.73. The molecule has 3 rings (SSSR count). The maximum atomic E-state index is 12.4. The number of carbonyl (C=O) groups is 2. The molecule has 0 bridgehead atoms. The van der Waals surface area contributed by atoms with E-state index >= 15 is 0 Å². The largest absolute Gasteiger partial charge is 0.337 e. The van der Waals surface area contributed by atoms with Crippen molar-refractivity contribution in [1.29, 1.82) is 0 Å². The predicted octanol–water partition coefficient (Wildman–Crippen LogP) is 3.27. The van der Waals surface area contributed by atoms with Crippen molar-refractivity contribution in [2.75, 3.05) is 11.6 Å². The van der Waals surface area contributed by atoms with E-state index in [9.17, 15) is 18.0 Å². The van der Waals surface area contributed by atoms with Gasteiger partial charge in [0, 0.05) is 24.4 Å². The Morgan fingerprint density at radius 1 is 1.10 bits per heavy atom. The van der Waals surface area contributed by atoms with Gasteiger partial charge in [0.1, 0.15) is 0 Å². The fraction of sp³-hybridized carbons (Fsp3) is 0.250. The Morgan fingerprint density at radius 3 is 2.40 bits per heavy atom. The normalized spacial score (nSPS) is 14.3. The molecule has 2 aromatic carbocycles. The van der Waals surface area contributed by atoms with Crippen molar-refractivity contribution in [1.82, 2.24) is 10.0 Å². The van der Waals surface area contributed by atoms with Crippen molar-refractivity contribution < 1.29 is 18.0 Å². The molecule has 0 fully saturated rings. The second-order valence-corrected chi connectivity index (χ2v) is 8.73. The molecule has 10 heteroatoms. The third-order valence-corrected chi connectivity index (χ3v) is 5.96. The van der Waals surface area contributed by atoms with Crippen LogP contribution in [0.5, 0.6) is 0 Å². The number of nitrogens with one attached hydrogen (secondary N) is 2. The third-order valence-electron chi connectivity index (χ3n) is 4.36. The molecule has 1 aliphatic heterocycles. The summed E-state index contributed by atoms with van der Waals surface area (Å²) >= 11 is 5.92. The minimum atomic E-state index is -4.02. The van der Waals surface area contributed by atoms with Gasteiger partial charge < -0.3 is 5.32 Å². The zero-order valence-corrected chi connectivity index (χ0v) is 17.8. The number of hydrogen-bond acceptors (Lipinski definition) is 5. The number of carbonyl (C=O) groups excluding carboxylic acids is 2. The molecule has 0 unspecified atom stereocenters. The van der Waals surface area contributed by atoms with Crippen LogP contribution in [0, 0.1) is 0 Å². The maximum absolute atomic E-state index is 12.4. The summed E-state index contributed by atoms with van der Waals surface area (Å²) < 4.78 is 26.6. The molecular weight excluding hydrogens is 428 g/mol. The fourth-order valence-corrected chi connectivity index (χ4v) is 3.88. The van der Waals surface area contributed by atoms with Crippen molar-refractivity contribution in [3.05, 3.63) is 59.1 Å². The lowest BCUT2D eigenvalue weighted by molar-refractivity contribution is -0.118. The van der Waals surface area contributed by atoms with E-state index in [1.54, 1.807) is 12.1 Å². The molecule has 0 atom stereocenters. The second-order valence-electron chi connectivity index (χ2n) is 6.61. The van der Waals surface area contributed by atoms with Gasteiger partial charge in [0.2, 0.25) is 5.91 Å². The van der Waals surface area contributed by atoms with Crippen LogP contribution in [0.15, 0.2) is 58.5 Å². The number of anilines is 1. The van der Waals surface area contributed by atoms with E-state index in [1.165, 1.54) is 29.3 Å². The first-order valence-electron chi connectivity index (χ1n) is 9.37. The number of urea groups is 1. The van der Waals surface area contributed by atoms with Gasteiger partial charge in [0.15, 0.2) is 0 Å². The predicted molar refractivity (Wildman–Crippen MR) is 115 cm³/mol. The van der Waals surface area contributed by atoms with Gasteiger partial charge in [0.25, 0.3) is 10.0 Å². The van der Waals surface area contributed by atoms with Crippen molar-refractivity contribution >= 4 is 45.0 Å². The van der Waals surface area contributed by atoms with Gasteiger partial charge in [-0.25, -0.2) is 22.9 Å². The molecule has 0 saturated heterocycles. The monoisotopic (exact) mass is 448 g/mol. The number of nitrogens with zero attached hydrogens (tertiary/aromatic N) is 2. The second kappa shape index (κ2) is 9.27. The first-order valence-corrected chi connectivity index (χ1v) is 11.2. The van der Waals surface area contributed by atoms with Crippen LogP contribution < -0.4 is 15.0 Å². The van der Waals surface area contributed by atoms with E-state index in [2.05, 4.69) is 10.4 Å². The highest BCUT2D eigenvalue weighted by Crippen LogP contribution is 2.24. The van der Waals surface area contributed by atoms with Crippen molar-refractivity contribution in [2.45, 2.75) is 31.1 Å². The first-order chi connectivity index (χ1) is 14.3. The molecule has 8 nitrogen and oxygen atoms in total. The van der Waals surface area contributed by atoms with Crippen LogP contribution >= 0.6 is 11.6 Å². The van der Waals surface area contributed by atoms with Crippen molar-refractivity contribution in [3.63, 3.8) is 0 Å². The quantitative estimate of drug-likeness (QED) is 0.706. The third kappa shape index (κ3) is 5.17. The summed E-state index contributed by atoms with van der Waals surface area (Å²) in [5.74, 6) is -0.194. The van der Waals surface area contributed by atoms with E-state index < -0.39 is 16.1 Å². The standard InChI is InChI=1S/C20H21ClN4O4S/c1-2-13-22-20(27)24-30(28,29)17-9-7-16(8-10-17)25-19(26)12-11-18(23-25)14-3-5-15(21)6-4-14/h3-10H,2,11-13H2,1H3,(H2,22,24,27).